The van der Waals surface area contributed by atoms with E-state index in [1.807, 2.05) is 0 Å². The molecule has 0 aliphatic carbocycles. The van der Waals surface area contributed by atoms with Crippen LogP contribution in [0, 0.1) is 0 Å². The Morgan fingerprint density at radius 3 is 2.12 bits per heavy atom. The van der Waals surface area contributed by atoms with Crippen molar-refractivity contribution in [1.82, 2.24) is 9.80 Å². The molecular formula is C44H66N2O3. The van der Waals surface area contributed by atoms with Crippen molar-refractivity contribution in [2.45, 2.75) is 148 Å². The summed E-state index contributed by atoms with van der Waals surface area (Å²) in [5, 5.41) is 0. The highest BCUT2D eigenvalue weighted by molar-refractivity contribution is 5.84. The molecule has 0 aromatic heterocycles. The van der Waals surface area contributed by atoms with Gasteiger partial charge in [-0.1, -0.05) is 108 Å². The van der Waals surface area contributed by atoms with Crippen molar-refractivity contribution < 1.29 is 14.3 Å². The zero-order chi connectivity index (χ0) is 34.3. The summed E-state index contributed by atoms with van der Waals surface area (Å²) in [4.78, 5) is 18.4. The Kier molecular flexibility index (Phi) is 15.1. The second-order valence-corrected chi connectivity index (χ2v) is 15.6. The van der Waals surface area contributed by atoms with Crippen LogP contribution in [0.15, 0.2) is 48.0 Å². The molecule has 49 heavy (non-hydrogen) atoms. The van der Waals surface area contributed by atoms with Gasteiger partial charge in [0, 0.05) is 26.1 Å². The topological polar surface area (TPSA) is 42.0 Å². The molecule has 5 rings (SSSR count). The maximum Gasteiger partial charge on any atom is 0.311 e. The van der Waals surface area contributed by atoms with Gasteiger partial charge < -0.3 is 14.4 Å². The lowest BCUT2D eigenvalue weighted by molar-refractivity contribution is -0.134. The number of carbonyl (C=O) groups excluding carboxylic acids is 1. The Hall–Kier alpha value is -2.63. The molecule has 270 valence electrons. The highest BCUT2D eigenvalue weighted by Gasteiger charge is 2.39. The Morgan fingerprint density at radius 2 is 1.43 bits per heavy atom. The van der Waals surface area contributed by atoms with E-state index in [2.05, 4.69) is 73.0 Å². The van der Waals surface area contributed by atoms with Crippen LogP contribution in [0.4, 0.5) is 0 Å². The predicted octanol–water partition coefficient (Wildman–Crippen LogP) is 10.6. The minimum Gasteiger partial charge on any atom is -0.483 e. The number of hydrogen-bond acceptors (Lipinski definition) is 5. The van der Waals surface area contributed by atoms with Crippen LogP contribution in [0.3, 0.4) is 0 Å². The Balaban J connectivity index is 1.23. The van der Waals surface area contributed by atoms with Crippen molar-refractivity contribution >= 4 is 11.5 Å². The fourth-order valence-corrected chi connectivity index (χ4v) is 8.22. The first-order valence-corrected chi connectivity index (χ1v) is 20.2. The Labute approximate surface area is 298 Å². The van der Waals surface area contributed by atoms with Gasteiger partial charge in [0.2, 0.25) is 0 Å². The van der Waals surface area contributed by atoms with E-state index in [0.717, 1.165) is 82.7 Å². The van der Waals surface area contributed by atoms with E-state index in [9.17, 15) is 4.79 Å². The van der Waals surface area contributed by atoms with Gasteiger partial charge in [-0.15, -0.1) is 0 Å². The first kappa shape index (κ1) is 37.6. The van der Waals surface area contributed by atoms with Crippen LogP contribution in [-0.4, -0.2) is 60.6 Å². The second-order valence-electron chi connectivity index (χ2n) is 15.6. The van der Waals surface area contributed by atoms with Crippen molar-refractivity contribution in [2.75, 3.05) is 39.3 Å². The molecule has 3 aliphatic rings. The number of fused-ring (bicyclic) bond motifs is 2. The zero-order valence-corrected chi connectivity index (χ0v) is 31.3. The lowest BCUT2D eigenvalue weighted by Crippen LogP contribution is -2.42. The third-order valence-corrected chi connectivity index (χ3v) is 11.1. The van der Waals surface area contributed by atoms with E-state index >= 15 is 0 Å². The van der Waals surface area contributed by atoms with Crippen molar-refractivity contribution in [3.8, 4) is 11.5 Å². The fraction of sp³-hybridized carbons (Fsp3) is 0.659. The standard InChI is InChI=1S/C44H66N2O3/c1-4-5-6-7-8-9-10-11-12-13-14-16-24-37-33-40(48-42(47)25-21-30-45-28-19-20-29-45)43-38-35-46(31-26-36-22-17-15-18-23-36)32-27-39(38)44(2,3)49-41(43)34-37/h15,17-18,22-23,33-34H,4-14,16,19-21,24-32,35H2,1-3H3. The molecule has 2 aromatic rings. The van der Waals surface area contributed by atoms with Gasteiger partial charge in [-0.3, -0.25) is 9.69 Å². The van der Waals surface area contributed by atoms with Gasteiger partial charge in [0.15, 0.2) is 0 Å². The zero-order valence-electron chi connectivity index (χ0n) is 31.3. The molecule has 0 N–H and O–H groups in total. The van der Waals surface area contributed by atoms with Crippen molar-refractivity contribution in [1.29, 1.82) is 0 Å². The van der Waals surface area contributed by atoms with E-state index in [1.54, 1.807) is 0 Å². The van der Waals surface area contributed by atoms with E-state index in [0.29, 0.717) is 12.2 Å². The van der Waals surface area contributed by atoms with Crippen LogP contribution in [0.5, 0.6) is 11.5 Å². The van der Waals surface area contributed by atoms with Gasteiger partial charge in [0.05, 0.1) is 5.56 Å². The van der Waals surface area contributed by atoms with Gasteiger partial charge in [0.1, 0.15) is 17.1 Å². The molecule has 0 radical (unpaired) electrons. The molecule has 2 aromatic carbocycles. The normalized spacial score (nSPS) is 17.5. The lowest BCUT2D eigenvalue weighted by Gasteiger charge is -2.42. The van der Waals surface area contributed by atoms with E-state index < -0.39 is 0 Å². The molecule has 3 aliphatic heterocycles. The molecule has 1 fully saturated rings. The van der Waals surface area contributed by atoms with Gasteiger partial charge in [-0.2, -0.15) is 0 Å². The maximum atomic E-state index is 13.4. The molecule has 0 saturated carbocycles. The summed E-state index contributed by atoms with van der Waals surface area (Å²) in [7, 11) is 0. The van der Waals surface area contributed by atoms with Gasteiger partial charge >= 0.3 is 5.97 Å². The Morgan fingerprint density at radius 1 is 0.755 bits per heavy atom. The molecule has 5 nitrogen and oxygen atoms in total. The highest BCUT2D eigenvalue weighted by Crippen LogP contribution is 2.48. The minimum atomic E-state index is -0.376. The number of likely N-dealkylation sites (tertiary alicyclic amines) is 1. The smallest absolute Gasteiger partial charge is 0.311 e. The highest BCUT2D eigenvalue weighted by atomic mass is 16.5. The first-order chi connectivity index (χ1) is 23.9. The van der Waals surface area contributed by atoms with Crippen LogP contribution in [0.2, 0.25) is 0 Å². The molecule has 5 heteroatoms. The molecule has 1 saturated heterocycles. The molecule has 0 atom stereocenters. The third-order valence-electron chi connectivity index (χ3n) is 11.1. The Bertz CT molecular complexity index is 1330. The number of hydrogen-bond donors (Lipinski definition) is 0. The second kappa shape index (κ2) is 19.7. The molecular weight excluding hydrogens is 604 g/mol. The summed E-state index contributed by atoms with van der Waals surface area (Å²) in [6.07, 6.45) is 23.0. The number of unbranched alkanes of at least 4 members (excludes halogenated alkanes) is 11. The van der Waals surface area contributed by atoms with Gasteiger partial charge in [-0.05, 0) is 113 Å². The molecule has 0 amide bonds. The molecule has 0 spiro atoms. The SMILES string of the molecule is CCCCCCCCCCCCCCc1cc(OC(=O)CCCN2CCCC2)c2c(c1)OC(C)(C)C1=C2CN(CCc2ccccc2)CC1. The number of aryl methyl sites for hydroxylation is 1. The summed E-state index contributed by atoms with van der Waals surface area (Å²) < 4.78 is 13.1. The summed E-state index contributed by atoms with van der Waals surface area (Å²) in [5.74, 6) is 1.49. The monoisotopic (exact) mass is 671 g/mol. The number of rotatable bonds is 21. The third kappa shape index (κ3) is 11.7. The maximum absolute atomic E-state index is 13.4. The number of carbonyl (C=O) groups is 1. The van der Waals surface area contributed by atoms with E-state index in [4.69, 9.17) is 9.47 Å². The lowest BCUT2D eigenvalue weighted by atomic mass is 9.81. The van der Waals surface area contributed by atoms with E-state index in [1.165, 1.54) is 106 Å². The predicted molar refractivity (Wildman–Crippen MR) is 205 cm³/mol. The minimum absolute atomic E-state index is 0.118. The molecule has 3 heterocycles. The van der Waals surface area contributed by atoms with Crippen LogP contribution < -0.4 is 9.47 Å². The van der Waals surface area contributed by atoms with Crippen molar-refractivity contribution in [3.63, 3.8) is 0 Å². The van der Waals surface area contributed by atoms with Gasteiger partial charge in [-0.25, -0.2) is 0 Å². The van der Waals surface area contributed by atoms with Crippen molar-refractivity contribution in [2.24, 2.45) is 0 Å². The average molecular weight is 671 g/mol. The van der Waals surface area contributed by atoms with Crippen LogP contribution >= 0.6 is 0 Å². The number of esters is 1. The number of nitrogens with zero attached hydrogens (tertiary/aromatic N) is 2. The molecule has 0 bridgehead atoms. The number of ether oxygens (including phenoxy) is 2. The quantitative estimate of drug-likeness (QED) is 0.0751. The van der Waals surface area contributed by atoms with E-state index in [-0.39, 0.29) is 11.6 Å². The average Bonchev–Trinajstić information content (AvgIpc) is 3.61. The summed E-state index contributed by atoms with van der Waals surface area (Å²) in [5.41, 5.74) is 5.91. The summed E-state index contributed by atoms with van der Waals surface area (Å²) in [6.45, 7) is 12.9. The molecule has 0 unspecified atom stereocenters. The fourth-order valence-electron chi connectivity index (χ4n) is 8.22. The first-order valence-electron chi connectivity index (χ1n) is 20.2. The van der Waals surface area contributed by atoms with Crippen LogP contribution in [0.1, 0.15) is 147 Å². The summed E-state index contributed by atoms with van der Waals surface area (Å²) in [6, 6.07) is 15.2. The van der Waals surface area contributed by atoms with Crippen LogP contribution in [0.25, 0.3) is 5.57 Å². The van der Waals surface area contributed by atoms with Gasteiger partial charge in [0.25, 0.3) is 0 Å². The summed E-state index contributed by atoms with van der Waals surface area (Å²) >= 11 is 0. The van der Waals surface area contributed by atoms with Crippen LogP contribution in [-0.2, 0) is 17.6 Å². The largest absolute Gasteiger partial charge is 0.483 e. The number of benzene rings is 2. The van der Waals surface area contributed by atoms with Crippen molar-refractivity contribution in [3.05, 3.63) is 64.7 Å².